The summed E-state index contributed by atoms with van der Waals surface area (Å²) >= 11 is 1.35. The first-order chi connectivity index (χ1) is 8.63. The summed E-state index contributed by atoms with van der Waals surface area (Å²) < 4.78 is 1.01. The fraction of sp³-hybridized carbons (Fsp3) is 0.462. The molecule has 18 heavy (non-hydrogen) atoms. The van der Waals surface area contributed by atoms with Crippen molar-refractivity contribution in [3.8, 4) is 0 Å². The zero-order chi connectivity index (χ0) is 13.4. The van der Waals surface area contributed by atoms with Crippen molar-refractivity contribution >= 4 is 33.9 Å². The first-order valence-corrected chi connectivity index (χ1v) is 7.49. The SMILES string of the molecule is NCC(=O)O.[Na][CH]1CCNC(c2ccccc2)C1. The summed E-state index contributed by atoms with van der Waals surface area (Å²) in [5.74, 6) is -0.968. The molecule has 1 fully saturated rings. The number of carbonyl (C=O) groups is 1. The molecule has 1 aliphatic heterocycles. The van der Waals surface area contributed by atoms with Crippen LogP contribution in [-0.4, -0.2) is 52.1 Å². The minimum atomic E-state index is -0.968. The van der Waals surface area contributed by atoms with Gasteiger partial charge >= 0.3 is 104 Å². The van der Waals surface area contributed by atoms with Gasteiger partial charge in [0.1, 0.15) is 0 Å². The second-order valence-corrected chi connectivity index (χ2v) is 6.28. The maximum atomic E-state index is 9.24. The number of benzene rings is 1. The molecule has 1 aromatic carbocycles. The van der Waals surface area contributed by atoms with E-state index >= 15 is 0 Å². The van der Waals surface area contributed by atoms with Gasteiger partial charge in [-0.15, -0.1) is 0 Å². The molecule has 2 atom stereocenters. The molecule has 0 aromatic heterocycles. The molecule has 0 spiro atoms. The Kier molecular flexibility index (Phi) is 7.54. The van der Waals surface area contributed by atoms with Gasteiger partial charge in [0.15, 0.2) is 0 Å². The van der Waals surface area contributed by atoms with Gasteiger partial charge in [0.25, 0.3) is 0 Å². The Balaban J connectivity index is 0.000000280. The van der Waals surface area contributed by atoms with Gasteiger partial charge in [-0.3, -0.25) is 4.79 Å². The molecule has 0 saturated carbocycles. The summed E-state index contributed by atoms with van der Waals surface area (Å²) in [6.07, 6.45) is 2.73. The van der Waals surface area contributed by atoms with Crippen LogP contribution < -0.4 is 11.1 Å². The Morgan fingerprint density at radius 2 is 2.06 bits per heavy atom. The van der Waals surface area contributed by atoms with Crippen molar-refractivity contribution in [3.63, 3.8) is 0 Å². The van der Waals surface area contributed by atoms with Crippen LogP contribution >= 0.6 is 0 Å². The minimum absolute atomic E-state index is 0.278. The topological polar surface area (TPSA) is 75.4 Å². The van der Waals surface area contributed by atoms with E-state index in [1.54, 1.807) is 0 Å². The van der Waals surface area contributed by atoms with Crippen LogP contribution in [0.1, 0.15) is 24.4 Å². The Labute approximate surface area is 125 Å². The number of aliphatic carboxylic acids is 1. The van der Waals surface area contributed by atoms with Gasteiger partial charge in [0.2, 0.25) is 0 Å². The third-order valence-electron chi connectivity index (χ3n) is 3.04. The second kappa shape index (κ2) is 8.67. The molecule has 5 heteroatoms. The first-order valence-electron chi connectivity index (χ1n) is 6.33. The van der Waals surface area contributed by atoms with Crippen molar-refractivity contribution in [2.75, 3.05) is 13.1 Å². The second-order valence-electron chi connectivity index (χ2n) is 4.64. The third kappa shape index (κ3) is 5.98. The number of hydrogen-bond donors (Lipinski definition) is 3. The van der Waals surface area contributed by atoms with E-state index < -0.39 is 5.97 Å². The predicted molar refractivity (Wildman–Crippen MR) is 72.6 cm³/mol. The summed E-state index contributed by atoms with van der Waals surface area (Å²) in [7, 11) is 0. The summed E-state index contributed by atoms with van der Waals surface area (Å²) in [5.41, 5.74) is 6.03. The van der Waals surface area contributed by atoms with E-state index in [0.29, 0.717) is 6.04 Å². The number of nitrogens with two attached hydrogens (primary N) is 1. The van der Waals surface area contributed by atoms with E-state index in [1.807, 2.05) is 0 Å². The molecule has 94 valence electrons. The number of rotatable bonds is 2. The number of nitrogens with one attached hydrogen (secondary N) is 1. The van der Waals surface area contributed by atoms with Crippen LogP contribution in [0.2, 0.25) is 3.17 Å². The molecule has 1 aliphatic rings. The van der Waals surface area contributed by atoms with E-state index in [0.717, 1.165) is 3.17 Å². The van der Waals surface area contributed by atoms with Crippen LogP contribution in [0, 0.1) is 0 Å². The van der Waals surface area contributed by atoms with Gasteiger partial charge in [-0.05, 0) is 0 Å². The van der Waals surface area contributed by atoms with Crippen molar-refractivity contribution < 1.29 is 9.90 Å². The first kappa shape index (κ1) is 15.7. The van der Waals surface area contributed by atoms with Crippen molar-refractivity contribution in [1.82, 2.24) is 5.32 Å². The van der Waals surface area contributed by atoms with Gasteiger partial charge < -0.3 is 10.8 Å². The van der Waals surface area contributed by atoms with Gasteiger partial charge in [-0.25, -0.2) is 0 Å². The molecule has 1 aromatic rings. The fourth-order valence-electron chi connectivity index (χ4n) is 2.05. The summed E-state index contributed by atoms with van der Waals surface area (Å²) in [6, 6.07) is 11.4. The molecule has 0 amide bonds. The van der Waals surface area contributed by atoms with Crippen molar-refractivity contribution in [2.45, 2.75) is 22.1 Å². The molecular formula is C13H19N2NaO2. The van der Waals surface area contributed by atoms with Crippen LogP contribution in [-0.2, 0) is 4.79 Å². The quantitative estimate of drug-likeness (QED) is 0.694. The van der Waals surface area contributed by atoms with Crippen LogP contribution in [0.25, 0.3) is 0 Å². The Hall–Kier alpha value is -0.390. The number of piperidine rings is 1. The van der Waals surface area contributed by atoms with Crippen molar-refractivity contribution in [2.24, 2.45) is 5.73 Å². The fourth-order valence-corrected chi connectivity index (χ4v) is 2.81. The van der Waals surface area contributed by atoms with Crippen LogP contribution in [0.15, 0.2) is 30.3 Å². The molecule has 4 nitrogen and oxygen atoms in total. The van der Waals surface area contributed by atoms with Gasteiger partial charge in [0, 0.05) is 0 Å². The molecule has 2 unspecified atom stereocenters. The summed E-state index contributed by atoms with van der Waals surface area (Å²) in [4.78, 5) is 9.24. The number of hydrogen-bond acceptors (Lipinski definition) is 3. The molecule has 0 aliphatic carbocycles. The van der Waals surface area contributed by atoms with E-state index in [2.05, 4.69) is 41.4 Å². The van der Waals surface area contributed by atoms with Crippen molar-refractivity contribution in [1.29, 1.82) is 0 Å². The van der Waals surface area contributed by atoms with Crippen molar-refractivity contribution in [3.05, 3.63) is 35.9 Å². The van der Waals surface area contributed by atoms with E-state index in [-0.39, 0.29) is 6.54 Å². The van der Waals surface area contributed by atoms with E-state index in [9.17, 15) is 4.79 Å². The third-order valence-corrected chi connectivity index (χ3v) is 4.09. The number of carboxylic acid groups (broad SMARTS) is 1. The Morgan fingerprint density at radius 1 is 1.44 bits per heavy atom. The van der Waals surface area contributed by atoms with E-state index in [1.165, 1.54) is 52.9 Å². The molecule has 1 saturated heterocycles. The zero-order valence-corrected chi connectivity index (χ0v) is 12.8. The molecule has 0 radical (unpaired) electrons. The number of carboxylic acids is 1. The van der Waals surface area contributed by atoms with Gasteiger partial charge in [-0.1, -0.05) is 0 Å². The molecular weight excluding hydrogens is 239 g/mol. The van der Waals surface area contributed by atoms with E-state index in [4.69, 9.17) is 5.11 Å². The summed E-state index contributed by atoms with van der Waals surface area (Å²) in [6.45, 7) is 0.924. The molecule has 1 heterocycles. The molecule has 4 N–H and O–H groups in total. The summed E-state index contributed by atoms with van der Waals surface area (Å²) in [5, 5.41) is 11.2. The van der Waals surface area contributed by atoms with Crippen LogP contribution in [0.3, 0.4) is 0 Å². The Morgan fingerprint density at radius 3 is 2.56 bits per heavy atom. The van der Waals surface area contributed by atoms with Crippen LogP contribution in [0.4, 0.5) is 0 Å². The van der Waals surface area contributed by atoms with Crippen LogP contribution in [0.5, 0.6) is 0 Å². The van der Waals surface area contributed by atoms with Gasteiger partial charge in [0.05, 0.1) is 6.54 Å². The Bertz CT molecular complexity index is 359. The molecule has 0 bridgehead atoms. The standard InChI is InChI=1S/C11H14N.C2H5NO2.Na/c1-2-6-10(7-3-1)11-8-4-5-9-12-11;3-1-2(4)5;/h1-4,6-7,11-12H,5,8-9H2;1,3H2,(H,4,5);. The average molecular weight is 258 g/mol. The normalized spacial score (nSPS) is 22.8. The molecule has 2 rings (SSSR count). The average Bonchev–Trinajstić information content (AvgIpc) is 2.40. The predicted octanol–water partition coefficient (Wildman–Crippen LogP) is 1.10. The maximum absolute atomic E-state index is 9.24. The van der Waals surface area contributed by atoms with Gasteiger partial charge in [-0.2, -0.15) is 0 Å². The zero-order valence-electron chi connectivity index (χ0n) is 10.8. The monoisotopic (exact) mass is 258 g/mol.